The molecule has 0 aliphatic rings. The normalized spacial score (nSPS) is 11.0. The molecule has 0 aliphatic carbocycles. The van der Waals surface area contributed by atoms with Crippen LogP contribution in [0.5, 0.6) is 0 Å². The monoisotopic (exact) mass is 622 g/mol. The molecule has 0 saturated heterocycles. The fourth-order valence-electron chi connectivity index (χ4n) is 2.33. The van der Waals surface area contributed by atoms with E-state index in [-0.39, 0.29) is 25.6 Å². The Balaban J connectivity index is 1.67. The van der Waals surface area contributed by atoms with Gasteiger partial charge < -0.3 is 4.74 Å². The molecule has 0 aliphatic heterocycles. The van der Waals surface area contributed by atoms with Crippen molar-refractivity contribution in [3.63, 3.8) is 0 Å². The standard InChI is InChI=1S/C18H12ClIN4O7S2/c19-14-6-5-12(33(29,30)23-11-3-1-10(20)2-4-11)7-13(14)17(26)31-9-15(25)22-18-21-8-16(32-18)24(27)28/h1-8,23H,9H2,(H,21,22,25). The first-order valence-corrected chi connectivity index (χ1v) is 12.5. The van der Waals surface area contributed by atoms with Gasteiger partial charge in [0.25, 0.3) is 15.9 Å². The Kier molecular flexibility index (Phi) is 7.83. The second kappa shape index (κ2) is 10.4. The molecule has 172 valence electrons. The summed E-state index contributed by atoms with van der Waals surface area (Å²) in [5, 5.41) is 12.5. The van der Waals surface area contributed by atoms with Gasteiger partial charge in [-0.25, -0.2) is 18.2 Å². The summed E-state index contributed by atoms with van der Waals surface area (Å²) in [5.74, 6) is -1.83. The molecule has 0 spiro atoms. The highest BCUT2D eigenvalue weighted by Crippen LogP contribution is 2.25. The van der Waals surface area contributed by atoms with E-state index < -0.39 is 33.4 Å². The van der Waals surface area contributed by atoms with Crippen LogP contribution in [-0.4, -0.2) is 36.8 Å². The largest absolute Gasteiger partial charge is 0.452 e. The number of anilines is 2. The number of sulfonamides is 1. The van der Waals surface area contributed by atoms with Crippen LogP contribution >= 0.6 is 45.5 Å². The minimum Gasteiger partial charge on any atom is -0.452 e. The maximum Gasteiger partial charge on any atom is 0.345 e. The lowest BCUT2D eigenvalue weighted by Gasteiger charge is -2.11. The highest BCUT2D eigenvalue weighted by atomic mass is 127. The lowest BCUT2D eigenvalue weighted by Crippen LogP contribution is -2.21. The number of carbonyl (C=O) groups is 2. The Labute approximate surface area is 209 Å². The SMILES string of the molecule is O=C(COC(=O)c1cc(S(=O)(=O)Nc2ccc(I)cc2)ccc1Cl)Nc1ncc([N+](=O)[O-])s1. The van der Waals surface area contributed by atoms with Gasteiger partial charge in [-0.1, -0.05) is 11.6 Å². The molecule has 33 heavy (non-hydrogen) atoms. The number of hydrogen-bond acceptors (Lipinski definition) is 9. The average molecular weight is 623 g/mol. The number of nitrogens with zero attached hydrogens (tertiary/aromatic N) is 2. The number of esters is 1. The smallest absolute Gasteiger partial charge is 0.345 e. The molecule has 2 aromatic carbocycles. The summed E-state index contributed by atoms with van der Waals surface area (Å²) in [5.41, 5.74) is 0.0634. The first-order chi connectivity index (χ1) is 15.5. The quantitative estimate of drug-likeness (QED) is 0.166. The molecule has 2 N–H and O–H groups in total. The van der Waals surface area contributed by atoms with Gasteiger partial charge in [-0.05, 0) is 76.4 Å². The Morgan fingerprint density at radius 1 is 1.21 bits per heavy atom. The van der Waals surface area contributed by atoms with Crippen LogP contribution < -0.4 is 10.0 Å². The molecule has 15 heteroatoms. The van der Waals surface area contributed by atoms with Crippen LogP contribution in [0.15, 0.2) is 53.6 Å². The molecule has 1 heterocycles. The number of halogens is 2. The number of rotatable bonds is 8. The zero-order valence-electron chi connectivity index (χ0n) is 16.2. The molecule has 0 unspecified atom stereocenters. The van der Waals surface area contributed by atoms with Crippen molar-refractivity contribution in [2.75, 3.05) is 16.6 Å². The van der Waals surface area contributed by atoms with Crippen molar-refractivity contribution < 1.29 is 27.7 Å². The number of carbonyl (C=O) groups excluding carboxylic acids is 2. The Bertz CT molecular complexity index is 1330. The van der Waals surface area contributed by atoms with Crippen LogP contribution in [-0.2, 0) is 19.6 Å². The van der Waals surface area contributed by atoms with Crippen molar-refractivity contribution in [1.29, 1.82) is 0 Å². The zero-order valence-corrected chi connectivity index (χ0v) is 20.7. The number of ether oxygens (including phenoxy) is 1. The summed E-state index contributed by atoms with van der Waals surface area (Å²) < 4.78 is 33.5. The van der Waals surface area contributed by atoms with E-state index in [2.05, 4.69) is 37.6 Å². The zero-order chi connectivity index (χ0) is 24.2. The first-order valence-electron chi connectivity index (χ1n) is 8.70. The van der Waals surface area contributed by atoms with Crippen molar-refractivity contribution >= 4 is 83.2 Å². The second-order valence-electron chi connectivity index (χ2n) is 6.14. The van der Waals surface area contributed by atoms with Gasteiger partial charge in [0.2, 0.25) is 0 Å². The fraction of sp³-hybridized carbons (Fsp3) is 0.0556. The van der Waals surface area contributed by atoms with Gasteiger partial charge in [0.15, 0.2) is 11.7 Å². The van der Waals surface area contributed by atoms with Crippen LogP contribution in [0.1, 0.15) is 10.4 Å². The summed E-state index contributed by atoms with van der Waals surface area (Å²) in [7, 11) is -4.04. The molecule has 3 rings (SSSR count). The predicted molar refractivity (Wildman–Crippen MR) is 129 cm³/mol. The van der Waals surface area contributed by atoms with Crippen LogP contribution in [0, 0.1) is 13.7 Å². The third-order valence-corrected chi connectivity index (χ3v) is 7.11. The molecule has 0 bridgehead atoms. The van der Waals surface area contributed by atoms with Crippen molar-refractivity contribution in [2.45, 2.75) is 4.90 Å². The van der Waals surface area contributed by atoms with Crippen molar-refractivity contribution in [3.8, 4) is 0 Å². The number of nitro groups is 1. The third-order valence-electron chi connectivity index (χ3n) is 3.82. The van der Waals surface area contributed by atoms with E-state index >= 15 is 0 Å². The number of benzene rings is 2. The minimum atomic E-state index is -4.04. The molecule has 0 fully saturated rings. The minimum absolute atomic E-state index is 0.0458. The Morgan fingerprint density at radius 3 is 2.55 bits per heavy atom. The number of hydrogen-bond donors (Lipinski definition) is 2. The number of thiazole rings is 1. The molecule has 1 amide bonds. The molecular formula is C18H12ClIN4O7S2. The molecule has 0 radical (unpaired) electrons. The summed E-state index contributed by atoms with van der Waals surface area (Å²) >= 11 is 8.72. The highest BCUT2D eigenvalue weighted by Gasteiger charge is 2.21. The Morgan fingerprint density at radius 2 is 1.91 bits per heavy atom. The van der Waals surface area contributed by atoms with Crippen molar-refractivity contribution in [3.05, 3.63) is 72.9 Å². The van der Waals surface area contributed by atoms with Gasteiger partial charge in [-0.3, -0.25) is 24.9 Å². The molecule has 0 atom stereocenters. The summed E-state index contributed by atoms with van der Waals surface area (Å²) in [6, 6.07) is 10.1. The highest BCUT2D eigenvalue weighted by molar-refractivity contribution is 14.1. The van der Waals surface area contributed by atoms with E-state index in [0.717, 1.165) is 15.8 Å². The van der Waals surface area contributed by atoms with Gasteiger partial charge in [0, 0.05) is 9.26 Å². The third kappa shape index (κ3) is 6.59. The lowest BCUT2D eigenvalue weighted by molar-refractivity contribution is -0.380. The van der Waals surface area contributed by atoms with E-state index in [0.29, 0.717) is 17.0 Å². The van der Waals surface area contributed by atoms with Gasteiger partial charge in [-0.15, -0.1) is 0 Å². The molecule has 3 aromatic rings. The van der Waals surface area contributed by atoms with E-state index in [1.807, 2.05) is 0 Å². The summed E-state index contributed by atoms with van der Waals surface area (Å²) in [4.78, 5) is 37.7. The molecule has 11 nitrogen and oxygen atoms in total. The van der Waals surface area contributed by atoms with Gasteiger partial charge in [0.05, 0.1) is 20.4 Å². The molecule has 1 aromatic heterocycles. The molecule has 0 saturated carbocycles. The summed E-state index contributed by atoms with van der Waals surface area (Å²) in [6.45, 7) is -0.750. The average Bonchev–Trinajstić information content (AvgIpc) is 3.22. The van der Waals surface area contributed by atoms with E-state index in [1.165, 1.54) is 12.1 Å². The second-order valence-corrected chi connectivity index (χ2v) is 10.5. The number of amides is 1. The van der Waals surface area contributed by atoms with Gasteiger partial charge in [0.1, 0.15) is 6.20 Å². The van der Waals surface area contributed by atoms with Crippen LogP contribution in [0.25, 0.3) is 0 Å². The van der Waals surface area contributed by atoms with Crippen LogP contribution in [0.2, 0.25) is 5.02 Å². The van der Waals surface area contributed by atoms with Crippen LogP contribution in [0.3, 0.4) is 0 Å². The lowest BCUT2D eigenvalue weighted by atomic mass is 10.2. The number of aromatic nitrogens is 1. The van der Waals surface area contributed by atoms with Crippen LogP contribution in [0.4, 0.5) is 15.8 Å². The topological polar surface area (TPSA) is 158 Å². The van der Waals surface area contributed by atoms with E-state index in [4.69, 9.17) is 16.3 Å². The Hall–Kier alpha value is -2.82. The van der Waals surface area contributed by atoms with E-state index in [9.17, 15) is 28.1 Å². The number of nitrogens with one attached hydrogen (secondary N) is 2. The summed E-state index contributed by atoms with van der Waals surface area (Å²) in [6.07, 6.45) is 0.974. The van der Waals surface area contributed by atoms with Gasteiger partial charge in [-0.2, -0.15) is 0 Å². The van der Waals surface area contributed by atoms with Crippen molar-refractivity contribution in [1.82, 2.24) is 4.98 Å². The predicted octanol–water partition coefficient (Wildman–Crippen LogP) is 3.91. The maximum absolute atomic E-state index is 12.7. The van der Waals surface area contributed by atoms with E-state index in [1.54, 1.807) is 24.3 Å². The fourth-order valence-corrected chi connectivity index (χ4v) is 4.62. The van der Waals surface area contributed by atoms with Gasteiger partial charge >= 0.3 is 11.0 Å². The maximum atomic E-state index is 12.7. The first kappa shape index (κ1) is 24.8. The van der Waals surface area contributed by atoms with Crippen molar-refractivity contribution in [2.24, 2.45) is 0 Å². The molecular weight excluding hydrogens is 611 g/mol.